The molecule has 9 rings (SSSR count). The quantitative estimate of drug-likeness (QED) is 0.135. The van der Waals surface area contributed by atoms with Gasteiger partial charge in [0.05, 0.1) is 5.69 Å². The average molecular weight is 706 g/mol. The predicted molar refractivity (Wildman–Crippen MR) is 235 cm³/mol. The second-order valence-electron chi connectivity index (χ2n) is 13.8. The predicted octanol–water partition coefficient (Wildman–Crippen LogP) is 11.1. The van der Waals surface area contributed by atoms with Crippen LogP contribution >= 0.6 is 0 Å². The molecule has 0 aromatic heterocycles. The third-order valence-corrected chi connectivity index (χ3v) is 15.8. The topological polar surface area (TPSA) is 3.24 Å². The maximum Gasteiger partial charge on any atom is 0.180 e. The standard InChI is InChI=1S/C52H39NSi/c1-3-38-22-34-46(35-23-38)54(47-36-24-39(4-2)25-37-47)50-20-12-11-18-48(50)52-49(19-13-21-51(52)54)53(44-30-26-42(27-31-44)40-14-7-5-8-15-40)45-32-28-43(29-33-45)41-16-9-6-10-17-41/h3-37H,1-2H2. The van der Waals surface area contributed by atoms with Crippen LogP contribution in [0.15, 0.2) is 213 Å². The molecule has 1 aliphatic heterocycles. The van der Waals surface area contributed by atoms with Gasteiger partial charge in [-0.2, -0.15) is 0 Å². The van der Waals surface area contributed by atoms with Crippen molar-refractivity contribution in [3.63, 3.8) is 0 Å². The van der Waals surface area contributed by atoms with Crippen LogP contribution in [-0.2, 0) is 0 Å². The summed E-state index contributed by atoms with van der Waals surface area (Å²) in [4.78, 5) is 2.45. The van der Waals surface area contributed by atoms with E-state index in [0.29, 0.717) is 0 Å². The largest absolute Gasteiger partial charge is 0.310 e. The van der Waals surface area contributed by atoms with Crippen LogP contribution in [0.25, 0.3) is 45.5 Å². The maximum absolute atomic E-state index is 4.05. The van der Waals surface area contributed by atoms with Gasteiger partial charge in [-0.3, -0.25) is 0 Å². The first-order chi connectivity index (χ1) is 26.7. The lowest BCUT2D eigenvalue weighted by Crippen LogP contribution is -2.72. The molecular formula is C52H39NSi. The molecule has 0 N–H and O–H groups in total. The van der Waals surface area contributed by atoms with Gasteiger partial charge in [0, 0.05) is 16.9 Å². The second-order valence-corrected chi connectivity index (χ2v) is 17.5. The van der Waals surface area contributed by atoms with E-state index in [1.54, 1.807) is 0 Å². The molecule has 1 heterocycles. The van der Waals surface area contributed by atoms with Gasteiger partial charge in [0.1, 0.15) is 0 Å². The van der Waals surface area contributed by atoms with E-state index >= 15 is 0 Å². The van der Waals surface area contributed by atoms with Crippen LogP contribution in [0.5, 0.6) is 0 Å². The number of rotatable bonds is 9. The van der Waals surface area contributed by atoms with Crippen molar-refractivity contribution < 1.29 is 0 Å². The van der Waals surface area contributed by atoms with Crippen molar-refractivity contribution >= 4 is 58.0 Å². The van der Waals surface area contributed by atoms with E-state index in [1.165, 1.54) is 59.8 Å². The summed E-state index contributed by atoms with van der Waals surface area (Å²) in [6.07, 6.45) is 3.85. The summed E-state index contributed by atoms with van der Waals surface area (Å²) in [5.41, 5.74) is 13.0. The first-order valence-electron chi connectivity index (χ1n) is 18.5. The number of fused-ring (bicyclic) bond motifs is 3. The summed E-state index contributed by atoms with van der Waals surface area (Å²) in [5, 5.41) is 5.51. The van der Waals surface area contributed by atoms with Crippen LogP contribution in [0.3, 0.4) is 0 Å². The van der Waals surface area contributed by atoms with E-state index in [9.17, 15) is 0 Å². The second kappa shape index (κ2) is 14.0. The number of benzene rings is 8. The Kier molecular flexibility index (Phi) is 8.59. The molecule has 8 aromatic carbocycles. The zero-order valence-corrected chi connectivity index (χ0v) is 31.1. The Morgan fingerprint density at radius 2 is 0.796 bits per heavy atom. The molecule has 54 heavy (non-hydrogen) atoms. The number of nitrogens with zero attached hydrogens (tertiary/aromatic N) is 1. The monoisotopic (exact) mass is 705 g/mol. The van der Waals surface area contributed by atoms with Crippen molar-refractivity contribution in [2.75, 3.05) is 4.90 Å². The zero-order chi connectivity index (χ0) is 36.5. The Balaban J connectivity index is 1.30. The van der Waals surface area contributed by atoms with Gasteiger partial charge in [0.2, 0.25) is 0 Å². The molecule has 0 saturated heterocycles. The minimum atomic E-state index is -2.78. The fraction of sp³-hybridized carbons (Fsp3) is 0. The molecule has 1 aliphatic rings. The van der Waals surface area contributed by atoms with Gasteiger partial charge in [-0.25, -0.2) is 0 Å². The summed E-state index contributed by atoms with van der Waals surface area (Å²) in [7, 11) is -2.78. The zero-order valence-electron chi connectivity index (χ0n) is 30.1. The van der Waals surface area contributed by atoms with Gasteiger partial charge in [-0.1, -0.05) is 195 Å². The highest BCUT2D eigenvalue weighted by Crippen LogP contribution is 2.43. The molecule has 2 heteroatoms. The van der Waals surface area contributed by atoms with Crippen LogP contribution in [0.2, 0.25) is 0 Å². The summed E-state index contributed by atoms with van der Waals surface area (Å²) in [6.45, 7) is 8.11. The van der Waals surface area contributed by atoms with Crippen LogP contribution in [0.4, 0.5) is 17.1 Å². The van der Waals surface area contributed by atoms with Crippen LogP contribution in [0.1, 0.15) is 11.1 Å². The molecule has 0 bridgehead atoms. The van der Waals surface area contributed by atoms with Gasteiger partial charge in [0.15, 0.2) is 8.07 Å². The van der Waals surface area contributed by atoms with Crippen molar-refractivity contribution in [2.45, 2.75) is 0 Å². The van der Waals surface area contributed by atoms with Gasteiger partial charge < -0.3 is 4.90 Å². The van der Waals surface area contributed by atoms with Crippen molar-refractivity contribution in [1.82, 2.24) is 0 Å². The summed E-state index contributed by atoms with van der Waals surface area (Å²) in [6, 6.07) is 73.5. The van der Waals surface area contributed by atoms with Gasteiger partial charge >= 0.3 is 0 Å². The van der Waals surface area contributed by atoms with Gasteiger partial charge in [-0.15, -0.1) is 0 Å². The lowest BCUT2D eigenvalue weighted by Gasteiger charge is -2.32. The minimum absolute atomic E-state index is 1.11. The molecule has 0 fully saturated rings. The normalized spacial score (nSPS) is 12.4. The molecule has 1 nitrogen and oxygen atoms in total. The summed E-state index contributed by atoms with van der Waals surface area (Å²) >= 11 is 0. The van der Waals surface area contributed by atoms with Gasteiger partial charge in [0.25, 0.3) is 0 Å². The van der Waals surface area contributed by atoms with Crippen LogP contribution in [0, 0.1) is 0 Å². The van der Waals surface area contributed by atoms with E-state index in [1.807, 2.05) is 12.2 Å². The highest BCUT2D eigenvalue weighted by molar-refractivity contribution is 7.22. The Bertz CT molecular complexity index is 2450. The van der Waals surface area contributed by atoms with E-state index in [-0.39, 0.29) is 0 Å². The maximum atomic E-state index is 4.05. The highest BCUT2D eigenvalue weighted by atomic mass is 28.3. The molecule has 0 aliphatic carbocycles. The summed E-state index contributed by atoms with van der Waals surface area (Å²) < 4.78 is 0. The highest BCUT2D eigenvalue weighted by Gasteiger charge is 2.49. The molecule has 256 valence electrons. The van der Waals surface area contributed by atoms with E-state index in [4.69, 9.17) is 0 Å². The third kappa shape index (κ3) is 5.56. The Labute approximate surface area is 319 Å². The van der Waals surface area contributed by atoms with E-state index in [2.05, 4.69) is 218 Å². The van der Waals surface area contributed by atoms with E-state index in [0.717, 1.165) is 22.5 Å². The molecular weight excluding hydrogens is 667 g/mol. The summed E-state index contributed by atoms with van der Waals surface area (Å²) in [5.74, 6) is 0. The molecule has 0 amide bonds. The van der Waals surface area contributed by atoms with Crippen molar-refractivity contribution in [3.05, 3.63) is 224 Å². The first kappa shape index (κ1) is 33.1. The number of hydrogen-bond acceptors (Lipinski definition) is 1. The fourth-order valence-electron chi connectivity index (χ4n) is 8.32. The molecule has 0 saturated carbocycles. The van der Waals surface area contributed by atoms with Crippen molar-refractivity contribution in [2.24, 2.45) is 0 Å². The lowest BCUT2D eigenvalue weighted by molar-refractivity contribution is 1.29. The lowest BCUT2D eigenvalue weighted by atomic mass is 10.0. The Morgan fingerprint density at radius 1 is 0.370 bits per heavy atom. The molecule has 0 atom stereocenters. The Morgan fingerprint density at radius 3 is 1.28 bits per heavy atom. The average Bonchev–Trinajstić information content (AvgIpc) is 3.56. The molecule has 0 spiro atoms. The molecule has 8 aromatic rings. The van der Waals surface area contributed by atoms with Crippen molar-refractivity contribution in [1.29, 1.82) is 0 Å². The van der Waals surface area contributed by atoms with Crippen LogP contribution < -0.4 is 25.6 Å². The smallest absolute Gasteiger partial charge is 0.180 e. The third-order valence-electron chi connectivity index (χ3n) is 10.9. The van der Waals surface area contributed by atoms with Crippen molar-refractivity contribution in [3.8, 4) is 33.4 Å². The minimum Gasteiger partial charge on any atom is -0.310 e. The Hall–Kier alpha value is -6.74. The van der Waals surface area contributed by atoms with E-state index < -0.39 is 8.07 Å². The van der Waals surface area contributed by atoms with Crippen LogP contribution in [-0.4, -0.2) is 8.07 Å². The van der Waals surface area contributed by atoms with Gasteiger partial charge in [-0.05, 0) is 90.0 Å². The number of hydrogen-bond donors (Lipinski definition) is 0. The number of anilines is 3. The SMILES string of the molecule is C=Cc1ccc([Si]2(c3ccc(C=C)cc3)c3ccccc3-c3c(N(c4ccc(-c5ccccc5)cc4)c4ccc(-c5ccccc5)cc4)cccc32)cc1. The first-order valence-corrected chi connectivity index (χ1v) is 20.5. The fourth-order valence-corrected chi connectivity index (χ4v) is 13.5. The molecule has 0 radical (unpaired) electrons. The molecule has 0 unspecified atom stereocenters.